The van der Waals surface area contributed by atoms with Crippen LogP contribution in [0.15, 0.2) is 70.9 Å². The largest absolute Gasteiger partial charge is 0.505 e. The quantitative estimate of drug-likeness (QED) is 0.412. The van der Waals surface area contributed by atoms with Crippen molar-refractivity contribution in [1.82, 2.24) is 0 Å². The van der Waals surface area contributed by atoms with Crippen molar-refractivity contribution in [2.45, 2.75) is 25.0 Å². The maximum atomic E-state index is 11.9. The van der Waals surface area contributed by atoms with E-state index in [2.05, 4.69) is 10.2 Å². The Hall–Kier alpha value is -2.57. The van der Waals surface area contributed by atoms with Gasteiger partial charge >= 0.3 is 0 Å². The van der Waals surface area contributed by atoms with Crippen LogP contribution in [0.4, 0.5) is 11.4 Å². The minimum atomic E-state index is -2.02. The molecule has 0 heterocycles. The van der Waals surface area contributed by atoms with Gasteiger partial charge in [-0.15, -0.1) is 5.11 Å². The molecule has 3 rings (SSSR count). The first-order valence-corrected chi connectivity index (χ1v) is 9.60. The molecule has 0 aromatic heterocycles. The van der Waals surface area contributed by atoms with Gasteiger partial charge in [0.25, 0.3) is 0 Å². The lowest BCUT2D eigenvalue weighted by atomic mass is 9.98. The summed E-state index contributed by atoms with van der Waals surface area (Å²) in [5, 5.41) is 19.8. The van der Waals surface area contributed by atoms with E-state index in [1.54, 1.807) is 12.1 Å². The van der Waals surface area contributed by atoms with Crippen LogP contribution < -0.4 is 0 Å². The van der Waals surface area contributed by atoms with Crippen molar-refractivity contribution in [1.29, 1.82) is 0 Å². The molecule has 3 aromatic carbocycles. The maximum absolute atomic E-state index is 11.9. The highest BCUT2D eigenvalue weighted by Crippen LogP contribution is 2.41. The lowest BCUT2D eigenvalue weighted by Crippen LogP contribution is -2.06. The second-order valence-electron chi connectivity index (χ2n) is 5.97. The first-order valence-electron chi connectivity index (χ1n) is 8.43. The van der Waals surface area contributed by atoms with Crippen molar-refractivity contribution in [3.8, 4) is 5.75 Å². The van der Waals surface area contributed by atoms with Crippen LogP contribution in [0.3, 0.4) is 0 Å². The average Bonchev–Trinajstić information content (AvgIpc) is 2.67. The minimum Gasteiger partial charge on any atom is -0.505 e. The number of rotatable bonds is 6. The topological polar surface area (TPSA) is 82.2 Å². The van der Waals surface area contributed by atoms with Gasteiger partial charge in [0.05, 0.1) is 10.9 Å². The van der Waals surface area contributed by atoms with Crippen molar-refractivity contribution in [3.63, 3.8) is 0 Å². The Morgan fingerprint density at radius 3 is 2.31 bits per heavy atom. The van der Waals surface area contributed by atoms with E-state index in [-0.39, 0.29) is 11.4 Å². The molecule has 0 amide bonds. The molecule has 0 aliphatic heterocycles. The average molecular weight is 368 g/mol. The van der Waals surface area contributed by atoms with Gasteiger partial charge in [-0.1, -0.05) is 55.8 Å². The van der Waals surface area contributed by atoms with Gasteiger partial charge in [-0.25, -0.2) is 4.21 Å². The summed E-state index contributed by atoms with van der Waals surface area (Å²) in [4.78, 5) is 0. The molecule has 0 aliphatic rings. The van der Waals surface area contributed by atoms with Crippen molar-refractivity contribution in [3.05, 3.63) is 66.2 Å². The van der Waals surface area contributed by atoms with E-state index in [0.29, 0.717) is 23.1 Å². The Bertz CT molecular complexity index is 958. The van der Waals surface area contributed by atoms with Crippen molar-refractivity contribution < 1.29 is 13.9 Å². The third kappa shape index (κ3) is 3.81. The number of nitrogens with zero attached hydrogens (tertiary/aromatic N) is 2. The Kier molecular flexibility index (Phi) is 5.75. The van der Waals surface area contributed by atoms with Gasteiger partial charge in [-0.3, -0.25) is 0 Å². The molecule has 5 nitrogen and oxygen atoms in total. The molecule has 0 saturated carbocycles. The number of hydrogen-bond donors (Lipinski definition) is 2. The summed E-state index contributed by atoms with van der Waals surface area (Å²) in [6.45, 7) is 1.97. The number of hydrogen-bond acceptors (Lipinski definition) is 4. The van der Waals surface area contributed by atoms with E-state index < -0.39 is 16.3 Å². The zero-order valence-electron chi connectivity index (χ0n) is 14.4. The van der Waals surface area contributed by atoms with E-state index in [9.17, 15) is 13.9 Å². The fourth-order valence-corrected chi connectivity index (χ4v) is 3.80. The standard InChI is InChI=1S/C20H20N2O3S/c1-2-8-19(26(24)25)17-13-18(22-21-14-9-4-3-5-10-14)20(23)16-12-7-6-11-15(16)17/h3-7,9-13,19,23H,2,8H2,1H3,(H,24,25). The number of azo groups is 1. The fraction of sp³-hybridized carbons (Fsp3) is 0.200. The summed E-state index contributed by atoms with van der Waals surface area (Å²) in [7, 11) is 0. The van der Waals surface area contributed by atoms with Gasteiger partial charge in [0, 0.05) is 5.39 Å². The Balaban J connectivity index is 2.16. The van der Waals surface area contributed by atoms with E-state index in [1.807, 2.05) is 55.5 Å². The molecule has 0 fully saturated rings. The monoisotopic (exact) mass is 368 g/mol. The third-order valence-electron chi connectivity index (χ3n) is 4.20. The molecule has 0 saturated heterocycles. The van der Waals surface area contributed by atoms with Gasteiger partial charge in [0.2, 0.25) is 0 Å². The maximum Gasteiger partial charge on any atom is 0.160 e. The van der Waals surface area contributed by atoms with E-state index in [0.717, 1.165) is 11.8 Å². The molecule has 134 valence electrons. The normalized spacial score (nSPS) is 13.9. The SMILES string of the molecule is CCCC(c1cc(N=Nc2ccccc2)c(O)c2ccccc12)S(=O)O. The number of fused-ring (bicyclic) bond motifs is 1. The molecule has 2 N–H and O–H groups in total. The number of aromatic hydroxyl groups is 1. The number of benzene rings is 3. The van der Waals surface area contributed by atoms with Gasteiger partial charge < -0.3 is 9.66 Å². The number of phenolic OH excluding ortho intramolecular Hbond substituents is 1. The van der Waals surface area contributed by atoms with E-state index in [1.165, 1.54) is 0 Å². The number of phenols is 1. The predicted octanol–water partition coefficient (Wildman–Crippen LogP) is 6.02. The Morgan fingerprint density at radius 2 is 1.65 bits per heavy atom. The molecule has 2 unspecified atom stereocenters. The lowest BCUT2D eigenvalue weighted by molar-refractivity contribution is 0.482. The molecule has 6 heteroatoms. The molecule has 0 aliphatic carbocycles. The van der Waals surface area contributed by atoms with Crippen LogP contribution in [0.5, 0.6) is 5.75 Å². The minimum absolute atomic E-state index is 0.0167. The van der Waals surface area contributed by atoms with Gasteiger partial charge in [-0.05, 0) is 35.6 Å². The highest BCUT2D eigenvalue weighted by atomic mass is 32.2. The first kappa shape index (κ1) is 18.2. The molecule has 26 heavy (non-hydrogen) atoms. The van der Waals surface area contributed by atoms with E-state index in [4.69, 9.17) is 0 Å². The Morgan fingerprint density at radius 1 is 1.00 bits per heavy atom. The molecule has 0 radical (unpaired) electrons. The fourth-order valence-electron chi connectivity index (χ4n) is 2.95. The third-order valence-corrected chi connectivity index (χ3v) is 5.17. The highest BCUT2D eigenvalue weighted by molar-refractivity contribution is 7.79. The van der Waals surface area contributed by atoms with Crippen molar-refractivity contribution in [2.75, 3.05) is 0 Å². The van der Waals surface area contributed by atoms with Gasteiger partial charge in [0.1, 0.15) is 5.69 Å². The lowest BCUT2D eigenvalue weighted by Gasteiger charge is -2.17. The molecular formula is C20H20N2O3S. The molecular weight excluding hydrogens is 348 g/mol. The van der Waals surface area contributed by atoms with Crippen LogP contribution in [0.2, 0.25) is 0 Å². The van der Waals surface area contributed by atoms with Gasteiger partial charge in [0.15, 0.2) is 16.8 Å². The first-order chi connectivity index (χ1) is 12.6. The van der Waals surface area contributed by atoms with E-state index >= 15 is 0 Å². The summed E-state index contributed by atoms with van der Waals surface area (Å²) in [6, 6.07) is 18.2. The smallest absolute Gasteiger partial charge is 0.160 e. The summed E-state index contributed by atoms with van der Waals surface area (Å²) in [6.07, 6.45) is 1.33. The highest BCUT2D eigenvalue weighted by Gasteiger charge is 2.22. The summed E-state index contributed by atoms with van der Waals surface area (Å²) in [5.41, 5.74) is 1.65. The second-order valence-corrected chi connectivity index (χ2v) is 7.09. The van der Waals surface area contributed by atoms with Crippen LogP contribution in [-0.4, -0.2) is 13.9 Å². The van der Waals surface area contributed by atoms with Crippen molar-refractivity contribution in [2.24, 2.45) is 10.2 Å². The second kappa shape index (κ2) is 8.21. The summed E-state index contributed by atoms with van der Waals surface area (Å²) >= 11 is -2.02. The summed E-state index contributed by atoms with van der Waals surface area (Å²) in [5.74, 6) is 0.0167. The molecule has 2 atom stereocenters. The molecule has 0 spiro atoms. The van der Waals surface area contributed by atoms with Crippen molar-refractivity contribution >= 4 is 33.2 Å². The van der Waals surface area contributed by atoms with Crippen LogP contribution in [-0.2, 0) is 11.1 Å². The predicted molar refractivity (Wildman–Crippen MR) is 105 cm³/mol. The van der Waals surface area contributed by atoms with Crippen LogP contribution in [0, 0.1) is 0 Å². The summed E-state index contributed by atoms with van der Waals surface area (Å²) < 4.78 is 21.7. The zero-order valence-corrected chi connectivity index (χ0v) is 15.2. The van der Waals surface area contributed by atoms with Crippen LogP contribution in [0.25, 0.3) is 10.8 Å². The van der Waals surface area contributed by atoms with Gasteiger partial charge in [-0.2, -0.15) is 5.11 Å². The van der Waals surface area contributed by atoms with Crippen LogP contribution in [0.1, 0.15) is 30.6 Å². The Labute approximate surface area is 154 Å². The van der Waals surface area contributed by atoms with Crippen LogP contribution >= 0.6 is 0 Å². The zero-order chi connectivity index (χ0) is 18.5. The molecule has 3 aromatic rings. The molecule has 0 bridgehead atoms.